The molecule has 2 N–H and O–H groups in total. The van der Waals surface area contributed by atoms with Crippen molar-refractivity contribution in [3.8, 4) is 0 Å². The Kier molecular flexibility index (Phi) is 2.57. The Morgan fingerprint density at radius 3 is 3.06 bits per heavy atom. The number of nitrogens with zero attached hydrogens (tertiary/aromatic N) is 3. The molecule has 0 saturated heterocycles. The molecule has 5 heteroatoms. The second-order valence-electron chi connectivity index (χ2n) is 4.16. The number of fused-ring (bicyclic) bond motifs is 1. The van der Waals surface area contributed by atoms with Gasteiger partial charge < -0.3 is 5.73 Å². The Hall–Kier alpha value is -1.07. The van der Waals surface area contributed by atoms with E-state index in [0.717, 1.165) is 17.2 Å². The van der Waals surface area contributed by atoms with Crippen LogP contribution in [0.25, 0.3) is 5.65 Å². The van der Waals surface area contributed by atoms with Crippen LogP contribution in [0.4, 0.5) is 0 Å². The average molecular weight is 234 g/mol. The average Bonchev–Trinajstić information content (AvgIpc) is 2.88. The molecule has 2 heterocycles. The Morgan fingerprint density at radius 1 is 1.31 bits per heavy atom. The maximum absolute atomic E-state index is 6.06. The fourth-order valence-electron chi connectivity index (χ4n) is 2.14. The summed E-state index contributed by atoms with van der Waals surface area (Å²) < 4.78 is 2.02. The lowest BCUT2D eigenvalue weighted by molar-refractivity contribution is 0.713. The number of aromatic nitrogens is 3. The van der Waals surface area contributed by atoms with E-state index in [2.05, 4.69) is 10.2 Å². The van der Waals surface area contributed by atoms with E-state index in [4.69, 9.17) is 5.73 Å². The topological polar surface area (TPSA) is 56.2 Å². The molecular formula is C11H14N4S. The zero-order valence-electron chi connectivity index (χ0n) is 8.91. The van der Waals surface area contributed by atoms with Crippen LogP contribution in [0.5, 0.6) is 0 Å². The van der Waals surface area contributed by atoms with Gasteiger partial charge in [-0.2, -0.15) is 0 Å². The maximum atomic E-state index is 6.06. The van der Waals surface area contributed by atoms with E-state index >= 15 is 0 Å². The van der Waals surface area contributed by atoms with Gasteiger partial charge in [0.05, 0.1) is 0 Å². The molecule has 4 nitrogen and oxygen atoms in total. The Bertz CT molecular complexity index is 495. The molecule has 0 amide bonds. The summed E-state index contributed by atoms with van der Waals surface area (Å²) in [7, 11) is 0. The highest BCUT2D eigenvalue weighted by Gasteiger charge is 2.26. The molecule has 0 bridgehead atoms. The summed E-state index contributed by atoms with van der Waals surface area (Å²) in [5.74, 6) is 0. The van der Waals surface area contributed by atoms with Gasteiger partial charge in [-0.15, -0.1) is 10.2 Å². The highest BCUT2D eigenvalue weighted by atomic mass is 32.2. The van der Waals surface area contributed by atoms with Gasteiger partial charge in [0.1, 0.15) is 0 Å². The first kappa shape index (κ1) is 10.1. The van der Waals surface area contributed by atoms with Crippen LogP contribution in [0.3, 0.4) is 0 Å². The van der Waals surface area contributed by atoms with Crippen LogP contribution in [0.15, 0.2) is 29.6 Å². The quantitative estimate of drug-likeness (QED) is 0.859. The monoisotopic (exact) mass is 234 g/mol. The van der Waals surface area contributed by atoms with Crippen LogP contribution in [-0.2, 0) is 0 Å². The highest BCUT2D eigenvalue weighted by molar-refractivity contribution is 7.99. The summed E-state index contributed by atoms with van der Waals surface area (Å²) in [6.45, 7) is 0. The molecule has 1 aliphatic carbocycles. The van der Waals surface area contributed by atoms with E-state index in [1.165, 1.54) is 12.8 Å². The molecule has 0 aromatic carbocycles. The van der Waals surface area contributed by atoms with Gasteiger partial charge in [0.25, 0.3) is 0 Å². The summed E-state index contributed by atoms with van der Waals surface area (Å²) >= 11 is 1.76. The fraction of sp³-hybridized carbons (Fsp3) is 0.455. The van der Waals surface area contributed by atoms with Crippen molar-refractivity contribution in [2.75, 3.05) is 0 Å². The molecule has 2 aromatic rings. The van der Waals surface area contributed by atoms with Gasteiger partial charge in [0, 0.05) is 17.5 Å². The van der Waals surface area contributed by atoms with E-state index in [0.29, 0.717) is 11.3 Å². The van der Waals surface area contributed by atoms with Gasteiger partial charge in [0.2, 0.25) is 0 Å². The van der Waals surface area contributed by atoms with Gasteiger partial charge in [-0.3, -0.25) is 4.40 Å². The minimum Gasteiger partial charge on any atom is -0.327 e. The molecule has 0 aliphatic heterocycles. The molecule has 0 radical (unpaired) electrons. The molecular weight excluding hydrogens is 220 g/mol. The van der Waals surface area contributed by atoms with Crippen LogP contribution < -0.4 is 5.73 Å². The van der Waals surface area contributed by atoms with Gasteiger partial charge in [-0.25, -0.2) is 0 Å². The summed E-state index contributed by atoms with van der Waals surface area (Å²) in [6.07, 6.45) is 5.55. The van der Waals surface area contributed by atoms with E-state index in [1.807, 2.05) is 28.8 Å². The third-order valence-electron chi connectivity index (χ3n) is 3.04. The lowest BCUT2D eigenvalue weighted by atomic mass is 10.3. The lowest BCUT2D eigenvalue weighted by Gasteiger charge is -2.12. The predicted octanol–water partition coefficient (Wildman–Crippen LogP) is 1.70. The molecule has 3 rings (SSSR count). The first-order chi connectivity index (χ1) is 7.84. The van der Waals surface area contributed by atoms with E-state index in [-0.39, 0.29) is 0 Å². The molecule has 84 valence electrons. The van der Waals surface area contributed by atoms with E-state index in [1.54, 1.807) is 11.8 Å². The number of rotatable bonds is 2. The number of hydrogen-bond donors (Lipinski definition) is 1. The molecule has 1 aliphatic rings. The second kappa shape index (κ2) is 4.07. The third kappa shape index (κ3) is 1.70. The number of pyridine rings is 1. The van der Waals surface area contributed by atoms with Crippen molar-refractivity contribution in [3.63, 3.8) is 0 Å². The first-order valence-corrected chi connectivity index (χ1v) is 6.44. The number of nitrogens with two attached hydrogens (primary N) is 1. The van der Waals surface area contributed by atoms with Crippen LogP contribution in [-0.4, -0.2) is 25.9 Å². The van der Waals surface area contributed by atoms with Gasteiger partial charge in [-0.05, 0) is 25.0 Å². The van der Waals surface area contributed by atoms with Gasteiger partial charge >= 0.3 is 0 Å². The van der Waals surface area contributed by atoms with Crippen molar-refractivity contribution in [3.05, 3.63) is 24.4 Å². The van der Waals surface area contributed by atoms with Crippen molar-refractivity contribution >= 4 is 17.4 Å². The Labute approximate surface area is 98.2 Å². The third-order valence-corrected chi connectivity index (χ3v) is 4.42. The summed E-state index contributed by atoms with van der Waals surface area (Å²) in [4.78, 5) is 0. The second-order valence-corrected chi connectivity index (χ2v) is 5.37. The molecule has 2 unspecified atom stereocenters. The number of thioether (sulfide) groups is 1. The summed E-state index contributed by atoms with van der Waals surface area (Å²) in [5, 5.41) is 9.80. The zero-order chi connectivity index (χ0) is 11.0. The smallest absolute Gasteiger partial charge is 0.195 e. The van der Waals surface area contributed by atoms with Crippen LogP contribution in [0.2, 0.25) is 0 Å². The molecule has 0 spiro atoms. The first-order valence-electron chi connectivity index (χ1n) is 5.56. The molecule has 16 heavy (non-hydrogen) atoms. The standard InChI is InChI=1S/C11H14N4S/c12-8-4-3-5-9(8)16-11-14-13-10-6-1-2-7-15(10)11/h1-2,6-9H,3-5,12H2. The Balaban J connectivity index is 1.89. The normalized spacial score (nSPS) is 25.3. The van der Waals surface area contributed by atoms with Crippen molar-refractivity contribution in [2.45, 2.75) is 35.7 Å². The van der Waals surface area contributed by atoms with Crippen LogP contribution in [0.1, 0.15) is 19.3 Å². The largest absolute Gasteiger partial charge is 0.327 e. The Morgan fingerprint density at radius 2 is 2.25 bits per heavy atom. The maximum Gasteiger partial charge on any atom is 0.195 e. The van der Waals surface area contributed by atoms with Gasteiger partial charge in [0.15, 0.2) is 10.8 Å². The minimum atomic E-state index is 0.307. The van der Waals surface area contributed by atoms with Gasteiger partial charge in [-0.1, -0.05) is 24.2 Å². The SMILES string of the molecule is NC1CCCC1Sc1nnc2ccccn12. The molecule has 2 atom stereocenters. The van der Waals surface area contributed by atoms with Crippen molar-refractivity contribution in [1.29, 1.82) is 0 Å². The van der Waals surface area contributed by atoms with Crippen molar-refractivity contribution in [2.24, 2.45) is 5.73 Å². The summed E-state index contributed by atoms with van der Waals surface area (Å²) in [5.41, 5.74) is 6.96. The lowest BCUT2D eigenvalue weighted by Crippen LogP contribution is -2.26. The van der Waals surface area contributed by atoms with Crippen LogP contribution in [0, 0.1) is 0 Å². The van der Waals surface area contributed by atoms with E-state index < -0.39 is 0 Å². The van der Waals surface area contributed by atoms with Crippen molar-refractivity contribution < 1.29 is 0 Å². The van der Waals surface area contributed by atoms with Crippen LogP contribution >= 0.6 is 11.8 Å². The number of hydrogen-bond acceptors (Lipinski definition) is 4. The molecule has 1 saturated carbocycles. The molecule has 2 aromatic heterocycles. The predicted molar refractivity (Wildman–Crippen MR) is 64.5 cm³/mol. The molecule has 1 fully saturated rings. The highest BCUT2D eigenvalue weighted by Crippen LogP contribution is 2.33. The summed E-state index contributed by atoms with van der Waals surface area (Å²) in [6, 6.07) is 6.24. The van der Waals surface area contributed by atoms with Crippen molar-refractivity contribution in [1.82, 2.24) is 14.6 Å². The van der Waals surface area contributed by atoms with E-state index in [9.17, 15) is 0 Å². The minimum absolute atomic E-state index is 0.307. The fourth-order valence-corrected chi connectivity index (χ4v) is 3.36. The zero-order valence-corrected chi connectivity index (χ0v) is 9.73.